The molecule has 15 heteroatoms. The molecule has 0 aliphatic carbocycles. The number of aliphatic carboxylic acids is 2. The van der Waals surface area contributed by atoms with Crippen LogP contribution in [0.1, 0.15) is 11.5 Å². The SMILES string of the molecule is Cn1nnnc1SCC1=C(C(=O)O)N2C(=O)[C@@H](NC(=O)C(C(=O)O)c3ccc(O)cc3)[C@H]2OC1. The zero-order valence-corrected chi connectivity index (χ0v) is 18.3. The average Bonchev–Trinajstić information content (AvgIpc) is 3.21. The lowest BCUT2D eigenvalue weighted by molar-refractivity contribution is -0.185. The van der Waals surface area contributed by atoms with Crippen LogP contribution in [0.2, 0.25) is 0 Å². The van der Waals surface area contributed by atoms with Crippen molar-refractivity contribution in [3.8, 4) is 5.75 Å². The fraction of sp³-hybridized carbons (Fsp3) is 0.316. The van der Waals surface area contributed by atoms with Crippen LogP contribution in [-0.4, -0.2) is 88.8 Å². The topological polar surface area (TPSA) is 197 Å². The quantitative estimate of drug-likeness (QED) is 0.198. The number of carboxylic acid groups (broad SMARTS) is 2. The summed E-state index contributed by atoms with van der Waals surface area (Å²) in [6.07, 6.45) is -1.10. The molecule has 1 aromatic heterocycles. The van der Waals surface area contributed by atoms with Crippen molar-refractivity contribution in [2.24, 2.45) is 7.05 Å². The van der Waals surface area contributed by atoms with Crippen molar-refractivity contribution < 1.29 is 39.2 Å². The molecule has 2 amide bonds. The van der Waals surface area contributed by atoms with Crippen molar-refractivity contribution in [1.82, 2.24) is 30.4 Å². The highest BCUT2D eigenvalue weighted by molar-refractivity contribution is 7.99. The van der Waals surface area contributed by atoms with Gasteiger partial charge in [0.1, 0.15) is 11.4 Å². The molecule has 1 unspecified atom stereocenters. The minimum absolute atomic E-state index is 0.0969. The van der Waals surface area contributed by atoms with E-state index in [9.17, 15) is 34.5 Å². The first-order valence-corrected chi connectivity index (χ1v) is 10.7. The molecule has 2 aliphatic heterocycles. The molecular formula is C19H18N6O8S. The number of nitrogens with zero attached hydrogens (tertiary/aromatic N) is 5. The Labute approximate surface area is 195 Å². The number of thioether (sulfide) groups is 1. The monoisotopic (exact) mass is 490 g/mol. The predicted molar refractivity (Wildman–Crippen MR) is 111 cm³/mol. The van der Waals surface area contributed by atoms with E-state index in [1.807, 2.05) is 0 Å². The van der Waals surface area contributed by atoms with Gasteiger partial charge in [0.25, 0.3) is 5.91 Å². The van der Waals surface area contributed by atoms with Gasteiger partial charge in [-0.1, -0.05) is 23.9 Å². The number of aromatic nitrogens is 4. The number of ether oxygens (including phenoxy) is 1. The number of hydrogen-bond acceptors (Lipinski definition) is 10. The molecule has 1 fully saturated rings. The predicted octanol–water partition coefficient (Wildman–Crippen LogP) is -1.10. The number of carbonyl (C=O) groups excluding carboxylic acids is 2. The Morgan fingerprint density at radius 1 is 1.26 bits per heavy atom. The first-order valence-electron chi connectivity index (χ1n) is 9.76. The van der Waals surface area contributed by atoms with Gasteiger partial charge in [-0.2, -0.15) is 0 Å². The Hall–Kier alpha value is -3.98. The van der Waals surface area contributed by atoms with Gasteiger partial charge in [-0.25, -0.2) is 9.48 Å². The van der Waals surface area contributed by atoms with Crippen LogP contribution < -0.4 is 5.32 Å². The smallest absolute Gasteiger partial charge is 0.352 e. The summed E-state index contributed by atoms with van der Waals surface area (Å²) in [4.78, 5) is 50.0. The number of amides is 2. The van der Waals surface area contributed by atoms with E-state index in [0.29, 0.717) is 10.7 Å². The summed E-state index contributed by atoms with van der Waals surface area (Å²) in [6, 6.07) is 3.78. The van der Waals surface area contributed by atoms with Gasteiger partial charge in [0.15, 0.2) is 18.2 Å². The van der Waals surface area contributed by atoms with Gasteiger partial charge in [-0.3, -0.25) is 19.3 Å². The van der Waals surface area contributed by atoms with E-state index in [1.54, 1.807) is 7.05 Å². The van der Waals surface area contributed by atoms with Crippen LogP contribution in [0.3, 0.4) is 0 Å². The number of rotatable bonds is 8. The average molecular weight is 490 g/mol. The van der Waals surface area contributed by atoms with Gasteiger partial charge in [-0.15, -0.1) is 5.10 Å². The van der Waals surface area contributed by atoms with E-state index in [-0.39, 0.29) is 29.4 Å². The normalized spacial score (nSPS) is 20.4. The number of aromatic hydroxyl groups is 1. The summed E-state index contributed by atoms with van der Waals surface area (Å²) in [5.41, 5.74) is 0.157. The molecule has 0 spiro atoms. The maximum Gasteiger partial charge on any atom is 0.352 e. The second-order valence-corrected chi connectivity index (χ2v) is 8.33. The third-order valence-electron chi connectivity index (χ3n) is 5.24. The first-order chi connectivity index (χ1) is 16.2. The summed E-state index contributed by atoms with van der Waals surface area (Å²) in [5.74, 6) is -6.13. The van der Waals surface area contributed by atoms with Crippen LogP contribution >= 0.6 is 11.8 Å². The van der Waals surface area contributed by atoms with Gasteiger partial charge >= 0.3 is 11.9 Å². The van der Waals surface area contributed by atoms with Crippen LogP contribution in [0.25, 0.3) is 0 Å². The van der Waals surface area contributed by atoms with Gasteiger partial charge in [0, 0.05) is 12.8 Å². The molecule has 14 nitrogen and oxygen atoms in total. The van der Waals surface area contributed by atoms with Gasteiger partial charge in [0.2, 0.25) is 11.1 Å². The molecule has 0 radical (unpaired) electrons. The van der Waals surface area contributed by atoms with Crippen molar-refractivity contribution in [1.29, 1.82) is 0 Å². The fourth-order valence-electron chi connectivity index (χ4n) is 3.60. The second kappa shape index (κ2) is 9.11. The number of benzene rings is 1. The van der Waals surface area contributed by atoms with E-state index >= 15 is 0 Å². The highest BCUT2D eigenvalue weighted by atomic mass is 32.2. The van der Waals surface area contributed by atoms with Crippen LogP contribution in [0.4, 0.5) is 0 Å². The maximum absolute atomic E-state index is 12.8. The molecule has 0 bridgehead atoms. The third kappa shape index (κ3) is 4.17. The van der Waals surface area contributed by atoms with E-state index in [4.69, 9.17) is 4.74 Å². The van der Waals surface area contributed by atoms with E-state index in [1.165, 1.54) is 28.9 Å². The zero-order chi connectivity index (χ0) is 24.6. The van der Waals surface area contributed by atoms with Gasteiger partial charge < -0.3 is 25.4 Å². The Kier molecular flexibility index (Phi) is 6.21. The van der Waals surface area contributed by atoms with E-state index in [0.717, 1.165) is 16.7 Å². The van der Waals surface area contributed by atoms with E-state index < -0.39 is 41.9 Å². The van der Waals surface area contributed by atoms with Crippen LogP contribution in [0, 0.1) is 0 Å². The molecule has 2 aromatic rings. The Morgan fingerprint density at radius 2 is 1.97 bits per heavy atom. The van der Waals surface area contributed by atoms with Crippen molar-refractivity contribution >= 4 is 35.5 Å². The largest absolute Gasteiger partial charge is 0.508 e. The second-order valence-electron chi connectivity index (χ2n) is 7.39. The minimum Gasteiger partial charge on any atom is -0.508 e. The highest BCUT2D eigenvalue weighted by Crippen LogP contribution is 2.35. The lowest BCUT2D eigenvalue weighted by atomic mass is 9.95. The molecule has 0 saturated carbocycles. The molecule has 178 valence electrons. The molecule has 4 N–H and O–H groups in total. The number of tetrazole rings is 1. The fourth-order valence-corrected chi connectivity index (χ4v) is 4.44. The van der Waals surface area contributed by atoms with Crippen molar-refractivity contribution in [2.75, 3.05) is 12.4 Å². The van der Waals surface area contributed by atoms with E-state index in [2.05, 4.69) is 20.8 Å². The van der Waals surface area contributed by atoms with Gasteiger partial charge in [-0.05, 0) is 33.7 Å². The number of carbonyl (C=O) groups is 4. The highest BCUT2D eigenvalue weighted by Gasteiger charge is 2.55. The number of fused-ring (bicyclic) bond motifs is 1. The molecule has 1 saturated heterocycles. The van der Waals surface area contributed by atoms with Crippen LogP contribution in [0.5, 0.6) is 5.75 Å². The Balaban J connectivity index is 1.49. The molecule has 2 aliphatic rings. The molecule has 3 heterocycles. The Morgan fingerprint density at radius 3 is 2.56 bits per heavy atom. The standard InChI is InChI=1S/C19H18N6O8S/c1-24-19(21-22-23-24)34-7-9-6-33-16-12(15(28)25(16)13(9)18(31)32)20-14(27)11(17(29)30)8-2-4-10(26)5-3-8/h2-5,11-12,16,26H,6-7H2,1H3,(H,20,27)(H,29,30)(H,31,32)/t11?,12-,16-/m1/s1. The number of β-lactam (4-membered cyclic amide) rings is 1. The molecule has 3 atom stereocenters. The number of phenols is 1. The molecular weight excluding hydrogens is 472 g/mol. The first kappa shape index (κ1) is 23.2. The van der Waals surface area contributed by atoms with Gasteiger partial charge in [0.05, 0.1) is 6.61 Å². The number of phenolic OH excluding ortho intramolecular Hbond substituents is 1. The number of carboxylic acids is 2. The Bertz CT molecular complexity index is 1200. The lowest BCUT2D eigenvalue weighted by Gasteiger charge is -2.49. The number of hydrogen-bond donors (Lipinski definition) is 4. The van der Waals surface area contributed by atoms with Crippen molar-refractivity contribution in [2.45, 2.75) is 23.3 Å². The molecule has 34 heavy (non-hydrogen) atoms. The summed E-state index contributed by atoms with van der Waals surface area (Å²) in [7, 11) is 1.62. The number of aryl methyl sites for hydroxylation is 1. The van der Waals surface area contributed by atoms with Crippen molar-refractivity contribution in [3.05, 3.63) is 41.1 Å². The minimum atomic E-state index is -1.65. The van der Waals surface area contributed by atoms with Crippen LogP contribution in [-0.2, 0) is 31.0 Å². The maximum atomic E-state index is 12.8. The summed E-state index contributed by atoms with van der Waals surface area (Å²) >= 11 is 1.16. The zero-order valence-electron chi connectivity index (χ0n) is 17.5. The number of nitrogens with one attached hydrogen (secondary N) is 1. The lowest BCUT2D eigenvalue weighted by Crippen LogP contribution is -2.73. The summed E-state index contributed by atoms with van der Waals surface area (Å²) < 4.78 is 7.04. The summed E-state index contributed by atoms with van der Waals surface area (Å²) in [6.45, 7) is -0.124. The molecule has 4 rings (SSSR count). The summed E-state index contributed by atoms with van der Waals surface area (Å²) in [5, 5.41) is 42.4. The van der Waals surface area contributed by atoms with Crippen LogP contribution in [0.15, 0.2) is 40.7 Å². The molecule has 1 aromatic carbocycles. The van der Waals surface area contributed by atoms with Crippen molar-refractivity contribution in [3.63, 3.8) is 0 Å². The third-order valence-corrected chi connectivity index (χ3v) is 6.34.